The predicted octanol–water partition coefficient (Wildman–Crippen LogP) is 0.415. The first kappa shape index (κ1) is 15.3. The van der Waals surface area contributed by atoms with Gasteiger partial charge in [0, 0.05) is 38.6 Å². The van der Waals surface area contributed by atoms with Crippen LogP contribution >= 0.6 is 0 Å². The van der Waals surface area contributed by atoms with Gasteiger partial charge >= 0.3 is 6.03 Å². The number of hydrogen-bond acceptors (Lipinski definition) is 4. The first-order valence-electron chi connectivity index (χ1n) is 7.27. The Bertz CT molecular complexity index is 505. The van der Waals surface area contributed by atoms with Crippen LogP contribution in [0.1, 0.15) is 43.1 Å². The zero-order valence-corrected chi connectivity index (χ0v) is 12.7. The van der Waals surface area contributed by atoms with Crippen molar-refractivity contribution in [2.45, 2.75) is 26.7 Å². The second kappa shape index (κ2) is 6.55. The smallest absolute Gasteiger partial charge is 0.317 e. The van der Waals surface area contributed by atoms with E-state index in [0.717, 1.165) is 0 Å². The number of H-pyrrole nitrogens is 1. The standard InChI is InChI=1S/C13H22N6O2/c1-4-14-13(21)19-7-5-18(6-8-19)12(20)11-15-10(9(2)3)16-17-11/h9H,4-8H2,1-3H3,(H,14,21)(H,15,16,17). The number of nitrogens with one attached hydrogen (secondary N) is 2. The summed E-state index contributed by atoms with van der Waals surface area (Å²) in [6.45, 7) is 8.52. The largest absolute Gasteiger partial charge is 0.338 e. The molecule has 1 aliphatic rings. The molecule has 0 aromatic carbocycles. The third-order valence-electron chi connectivity index (χ3n) is 3.42. The highest BCUT2D eigenvalue weighted by atomic mass is 16.2. The lowest BCUT2D eigenvalue weighted by atomic mass is 10.2. The summed E-state index contributed by atoms with van der Waals surface area (Å²) in [6, 6.07) is -0.0791. The Kier molecular flexibility index (Phi) is 4.77. The average Bonchev–Trinajstić information content (AvgIpc) is 2.97. The molecule has 2 rings (SSSR count). The SMILES string of the molecule is CCNC(=O)N1CCN(C(=O)c2n[nH]c(C(C)C)n2)CC1. The molecule has 2 heterocycles. The van der Waals surface area contributed by atoms with Gasteiger partial charge in [0.15, 0.2) is 0 Å². The van der Waals surface area contributed by atoms with Crippen molar-refractivity contribution in [2.24, 2.45) is 0 Å². The summed E-state index contributed by atoms with van der Waals surface area (Å²) in [6.07, 6.45) is 0. The van der Waals surface area contributed by atoms with Crippen LogP contribution in [0.2, 0.25) is 0 Å². The second-order valence-electron chi connectivity index (χ2n) is 5.31. The van der Waals surface area contributed by atoms with Gasteiger partial charge in [-0.2, -0.15) is 0 Å². The molecule has 0 radical (unpaired) electrons. The Morgan fingerprint density at radius 1 is 1.24 bits per heavy atom. The van der Waals surface area contributed by atoms with Crippen LogP contribution in [0.4, 0.5) is 4.79 Å². The van der Waals surface area contributed by atoms with Crippen LogP contribution in [0.15, 0.2) is 0 Å². The maximum atomic E-state index is 12.3. The number of aromatic nitrogens is 3. The van der Waals surface area contributed by atoms with E-state index in [1.165, 1.54) is 0 Å². The minimum absolute atomic E-state index is 0.0791. The molecule has 8 heteroatoms. The van der Waals surface area contributed by atoms with Gasteiger partial charge in [0.05, 0.1) is 0 Å². The molecule has 3 amide bonds. The number of amides is 3. The highest BCUT2D eigenvalue weighted by molar-refractivity contribution is 5.90. The van der Waals surface area contributed by atoms with Crippen LogP contribution in [0, 0.1) is 0 Å². The zero-order valence-electron chi connectivity index (χ0n) is 12.7. The van der Waals surface area contributed by atoms with Gasteiger partial charge in [-0.15, -0.1) is 5.10 Å². The number of carbonyl (C=O) groups is 2. The van der Waals surface area contributed by atoms with E-state index in [0.29, 0.717) is 38.5 Å². The summed E-state index contributed by atoms with van der Waals surface area (Å²) in [5, 5.41) is 9.52. The molecule has 1 saturated heterocycles. The molecule has 1 aliphatic heterocycles. The highest BCUT2D eigenvalue weighted by Crippen LogP contribution is 2.10. The van der Waals surface area contributed by atoms with Crippen molar-refractivity contribution in [2.75, 3.05) is 32.7 Å². The Hall–Kier alpha value is -2.12. The lowest BCUT2D eigenvalue weighted by Gasteiger charge is -2.34. The van der Waals surface area contributed by atoms with E-state index in [2.05, 4.69) is 20.5 Å². The van der Waals surface area contributed by atoms with Gasteiger partial charge < -0.3 is 15.1 Å². The van der Waals surface area contributed by atoms with E-state index in [1.807, 2.05) is 20.8 Å². The Balaban J connectivity index is 1.92. The van der Waals surface area contributed by atoms with Crippen LogP contribution in [-0.4, -0.2) is 69.6 Å². The fourth-order valence-electron chi connectivity index (χ4n) is 2.15. The molecule has 0 saturated carbocycles. The monoisotopic (exact) mass is 294 g/mol. The number of urea groups is 1. The zero-order chi connectivity index (χ0) is 15.4. The number of nitrogens with zero attached hydrogens (tertiary/aromatic N) is 4. The molecule has 2 N–H and O–H groups in total. The topological polar surface area (TPSA) is 94.2 Å². The van der Waals surface area contributed by atoms with Crippen LogP contribution in [0.3, 0.4) is 0 Å². The number of rotatable bonds is 3. The van der Waals surface area contributed by atoms with Crippen molar-refractivity contribution >= 4 is 11.9 Å². The number of hydrogen-bond donors (Lipinski definition) is 2. The van der Waals surface area contributed by atoms with Gasteiger partial charge in [0.25, 0.3) is 5.91 Å². The van der Waals surface area contributed by atoms with Crippen LogP contribution < -0.4 is 5.32 Å². The minimum Gasteiger partial charge on any atom is -0.338 e. The third kappa shape index (κ3) is 3.50. The van der Waals surface area contributed by atoms with Crippen LogP contribution in [0.5, 0.6) is 0 Å². The van der Waals surface area contributed by atoms with Crippen molar-refractivity contribution in [3.05, 3.63) is 11.6 Å². The maximum absolute atomic E-state index is 12.3. The summed E-state index contributed by atoms with van der Waals surface area (Å²) < 4.78 is 0. The maximum Gasteiger partial charge on any atom is 0.317 e. The van der Waals surface area contributed by atoms with Crippen molar-refractivity contribution < 1.29 is 9.59 Å². The van der Waals surface area contributed by atoms with E-state index < -0.39 is 0 Å². The molecule has 1 fully saturated rings. The van der Waals surface area contributed by atoms with E-state index in [-0.39, 0.29) is 23.7 Å². The first-order chi connectivity index (χ1) is 10.0. The number of aromatic amines is 1. The molecule has 21 heavy (non-hydrogen) atoms. The van der Waals surface area contributed by atoms with Crippen molar-refractivity contribution in [3.63, 3.8) is 0 Å². The normalized spacial score (nSPS) is 15.4. The van der Waals surface area contributed by atoms with Crippen molar-refractivity contribution in [1.82, 2.24) is 30.3 Å². The molecule has 116 valence electrons. The molecule has 0 bridgehead atoms. The van der Waals surface area contributed by atoms with Gasteiger partial charge in [0.2, 0.25) is 5.82 Å². The van der Waals surface area contributed by atoms with Gasteiger partial charge in [0.1, 0.15) is 5.82 Å². The van der Waals surface area contributed by atoms with Crippen molar-refractivity contribution in [1.29, 1.82) is 0 Å². The molecular formula is C13H22N6O2. The average molecular weight is 294 g/mol. The van der Waals surface area contributed by atoms with E-state index >= 15 is 0 Å². The highest BCUT2D eigenvalue weighted by Gasteiger charge is 2.26. The fraction of sp³-hybridized carbons (Fsp3) is 0.692. The Labute approximate surface area is 123 Å². The van der Waals surface area contributed by atoms with Gasteiger partial charge in [-0.05, 0) is 6.92 Å². The van der Waals surface area contributed by atoms with Gasteiger partial charge in [-0.3, -0.25) is 9.89 Å². The quantitative estimate of drug-likeness (QED) is 0.844. The molecule has 0 atom stereocenters. The molecule has 0 aliphatic carbocycles. The minimum atomic E-state index is -0.186. The lowest BCUT2D eigenvalue weighted by Crippen LogP contribution is -2.53. The van der Waals surface area contributed by atoms with E-state index in [9.17, 15) is 9.59 Å². The summed E-state index contributed by atoms with van der Waals surface area (Å²) in [4.78, 5) is 31.6. The van der Waals surface area contributed by atoms with Gasteiger partial charge in [-0.25, -0.2) is 9.78 Å². The summed E-state index contributed by atoms with van der Waals surface area (Å²) >= 11 is 0. The Morgan fingerprint density at radius 3 is 2.38 bits per heavy atom. The molecule has 8 nitrogen and oxygen atoms in total. The lowest BCUT2D eigenvalue weighted by molar-refractivity contribution is 0.0653. The Morgan fingerprint density at radius 2 is 1.86 bits per heavy atom. The summed E-state index contributed by atoms with van der Waals surface area (Å²) in [5.41, 5.74) is 0. The second-order valence-corrected chi connectivity index (χ2v) is 5.31. The molecule has 1 aromatic rings. The first-order valence-corrected chi connectivity index (χ1v) is 7.27. The molecular weight excluding hydrogens is 272 g/mol. The van der Waals surface area contributed by atoms with Gasteiger partial charge in [-0.1, -0.05) is 13.8 Å². The van der Waals surface area contributed by atoms with E-state index in [4.69, 9.17) is 0 Å². The molecule has 1 aromatic heterocycles. The molecule has 0 spiro atoms. The number of carbonyl (C=O) groups excluding carboxylic acids is 2. The van der Waals surface area contributed by atoms with Crippen molar-refractivity contribution in [3.8, 4) is 0 Å². The third-order valence-corrected chi connectivity index (χ3v) is 3.42. The van der Waals surface area contributed by atoms with Crippen LogP contribution in [0.25, 0.3) is 0 Å². The molecule has 0 unspecified atom stereocenters. The fourth-order valence-corrected chi connectivity index (χ4v) is 2.15. The summed E-state index contributed by atoms with van der Waals surface area (Å²) in [5.74, 6) is 0.923. The summed E-state index contributed by atoms with van der Waals surface area (Å²) in [7, 11) is 0. The number of piperazine rings is 1. The van der Waals surface area contributed by atoms with E-state index in [1.54, 1.807) is 9.80 Å². The predicted molar refractivity (Wildman–Crippen MR) is 77.0 cm³/mol. The van der Waals surface area contributed by atoms with Crippen LogP contribution in [-0.2, 0) is 0 Å².